The van der Waals surface area contributed by atoms with Gasteiger partial charge in [0.2, 0.25) is 11.8 Å². The van der Waals surface area contributed by atoms with Crippen LogP contribution in [0.3, 0.4) is 0 Å². The predicted octanol–water partition coefficient (Wildman–Crippen LogP) is 5.07. The predicted molar refractivity (Wildman–Crippen MR) is 172 cm³/mol. The first-order valence-corrected chi connectivity index (χ1v) is 16.9. The van der Waals surface area contributed by atoms with E-state index >= 15 is 0 Å². The number of imide groups is 2. The Balaban J connectivity index is 1.11. The monoisotopic (exact) mass is 623 g/mol. The maximum atomic E-state index is 14.7. The summed E-state index contributed by atoms with van der Waals surface area (Å²) in [5.41, 5.74) is 3.05. The van der Waals surface area contributed by atoms with Gasteiger partial charge in [0.1, 0.15) is 5.75 Å². The highest BCUT2D eigenvalue weighted by Crippen LogP contribution is 2.66. The van der Waals surface area contributed by atoms with Crippen LogP contribution in [0.1, 0.15) is 47.9 Å². The topological polar surface area (TPSA) is 96.3 Å². The average molecular weight is 624 g/mol. The van der Waals surface area contributed by atoms with Crippen LogP contribution >= 0.6 is 0 Å². The standard InChI is InChI=1S/C39H33N3O5/c1-2-17-47-21-13-11-20(12-14-21)41-35(43)33-30-24-7-3-5-9-28(24)39(34(33)38(41)46,29-10-6-4-8-25(29)30)19-40-42-36(44)31-22-15-16-23(27-18-26(22)27)32(31)37(42)45/h3-16,19,22-23,26-27,30-34H,2,17-18H2,1H3/b40-19-/t22-,23-,26-,27+,30?,31+,32+,33+,34+,39?/m0/s1. The minimum Gasteiger partial charge on any atom is -0.494 e. The lowest BCUT2D eigenvalue weighted by Crippen LogP contribution is -2.55. The van der Waals surface area contributed by atoms with E-state index in [1.807, 2.05) is 55.5 Å². The van der Waals surface area contributed by atoms with Gasteiger partial charge in [0.15, 0.2) is 0 Å². The van der Waals surface area contributed by atoms with E-state index in [1.165, 1.54) is 4.90 Å². The van der Waals surface area contributed by atoms with Crippen LogP contribution in [-0.2, 0) is 24.6 Å². The molecule has 8 atom stereocenters. The number of ether oxygens (including phenoxy) is 1. The summed E-state index contributed by atoms with van der Waals surface area (Å²) < 4.78 is 5.75. The van der Waals surface area contributed by atoms with Crippen LogP contribution in [0.15, 0.2) is 90.0 Å². The first kappa shape index (κ1) is 27.3. The van der Waals surface area contributed by atoms with E-state index in [-0.39, 0.29) is 53.2 Å². The SMILES string of the molecule is CCCOc1ccc(N2C(=O)[C@@H]3C4c5ccccc5C(/C=N\N5C(=O)[C@@H]6[C@H]7C=C[C@@H]([C@@H]8C[C@H]78)[C@H]6C5=O)(c5ccccc54)[C@H]3C2=O)cc1. The number of carbonyl (C=O) groups excluding carboxylic acids is 4. The number of allylic oxidation sites excluding steroid dienone is 2. The summed E-state index contributed by atoms with van der Waals surface area (Å²) in [6.07, 6.45) is 7.92. The highest BCUT2D eigenvalue weighted by molar-refractivity contribution is 6.25. The van der Waals surface area contributed by atoms with Crippen molar-refractivity contribution in [1.82, 2.24) is 5.01 Å². The Hall–Kier alpha value is -4.85. The molecule has 9 aliphatic rings. The zero-order valence-corrected chi connectivity index (χ0v) is 25.9. The van der Waals surface area contributed by atoms with Gasteiger partial charge < -0.3 is 4.74 Å². The van der Waals surface area contributed by atoms with Crippen LogP contribution in [0.2, 0.25) is 0 Å². The minimum atomic E-state index is -1.16. The van der Waals surface area contributed by atoms with Gasteiger partial charge in [0.25, 0.3) is 11.8 Å². The van der Waals surface area contributed by atoms with Crippen molar-refractivity contribution >= 4 is 35.5 Å². The maximum Gasteiger partial charge on any atom is 0.254 e. The third-order valence-corrected chi connectivity index (χ3v) is 12.3. The Kier molecular flexibility index (Phi) is 5.44. The van der Waals surface area contributed by atoms with E-state index in [4.69, 9.17) is 9.84 Å². The van der Waals surface area contributed by atoms with Gasteiger partial charge in [-0.1, -0.05) is 67.6 Å². The lowest BCUT2D eigenvalue weighted by atomic mass is 9.47. The lowest BCUT2D eigenvalue weighted by Gasteiger charge is -2.52. The number of hydrazone groups is 1. The molecule has 0 N–H and O–H groups in total. The van der Waals surface area contributed by atoms with Gasteiger partial charge in [-0.3, -0.25) is 19.2 Å². The van der Waals surface area contributed by atoms with Gasteiger partial charge in [-0.05, 0) is 83.0 Å². The molecule has 8 heteroatoms. The molecule has 0 aromatic heterocycles. The molecule has 0 spiro atoms. The van der Waals surface area contributed by atoms with E-state index in [2.05, 4.69) is 12.2 Å². The van der Waals surface area contributed by atoms with Crippen LogP contribution in [0.25, 0.3) is 0 Å². The third kappa shape index (κ3) is 3.30. The molecule has 2 saturated carbocycles. The number of amides is 4. The highest BCUT2D eigenvalue weighted by Gasteiger charge is 2.69. The normalized spacial score (nSPS) is 36.5. The maximum absolute atomic E-state index is 14.7. The molecule has 47 heavy (non-hydrogen) atoms. The number of carbonyl (C=O) groups is 4. The minimum absolute atomic E-state index is 0.0853. The lowest BCUT2D eigenvalue weighted by molar-refractivity contribution is -0.140. The Morgan fingerprint density at radius 3 is 1.96 bits per heavy atom. The van der Waals surface area contributed by atoms with Gasteiger partial charge in [-0.15, -0.1) is 0 Å². The van der Waals surface area contributed by atoms with Gasteiger partial charge >= 0.3 is 0 Å². The summed E-state index contributed by atoms with van der Waals surface area (Å²) >= 11 is 0. The van der Waals surface area contributed by atoms with Crippen molar-refractivity contribution in [2.75, 3.05) is 11.5 Å². The Morgan fingerprint density at radius 2 is 1.36 bits per heavy atom. The van der Waals surface area contributed by atoms with Gasteiger partial charge in [-0.2, -0.15) is 10.1 Å². The number of hydrogen-bond donors (Lipinski definition) is 0. The smallest absolute Gasteiger partial charge is 0.254 e. The number of nitrogens with zero attached hydrogens (tertiary/aromatic N) is 3. The molecule has 2 saturated heterocycles. The second-order valence-corrected chi connectivity index (χ2v) is 14.3. The molecule has 12 rings (SSSR count). The van der Waals surface area contributed by atoms with Crippen molar-refractivity contribution < 1.29 is 23.9 Å². The van der Waals surface area contributed by atoms with Crippen molar-refractivity contribution in [3.63, 3.8) is 0 Å². The zero-order chi connectivity index (χ0) is 31.8. The summed E-state index contributed by atoms with van der Waals surface area (Å²) in [7, 11) is 0. The largest absolute Gasteiger partial charge is 0.494 e. The summed E-state index contributed by atoms with van der Waals surface area (Å²) in [5.74, 6) is -1.78. The van der Waals surface area contributed by atoms with Gasteiger partial charge in [-0.25, -0.2) is 4.90 Å². The molecule has 4 bridgehead atoms. The summed E-state index contributed by atoms with van der Waals surface area (Å²) in [5, 5.41) is 5.87. The van der Waals surface area contributed by atoms with Crippen molar-refractivity contribution in [1.29, 1.82) is 0 Å². The van der Waals surface area contributed by atoms with E-state index in [0.29, 0.717) is 29.9 Å². The Labute approximate surface area is 272 Å². The number of rotatable bonds is 6. The Morgan fingerprint density at radius 1 is 0.766 bits per heavy atom. The number of anilines is 1. The molecule has 0 unspecified atom stereocenters. The molecule has 2 heterocycles. The second-order valence-electron chi connectivity index (χ2n) is 14.3. The highest BCUT2D eigenvalue weighted by atomic mass is 16.5. The summed E-state index contributed by atoms with van der Waals surface area (Å²) in [6, 6.07) is 23.0. The molecule has 0 radical (unpaired) electrons. The fraction of sp³-hybridized carbons (Fsp3) is 0.359. The van der Waals surface area contributed by atoms with Crippen molar-refractivity contribution in [3.8, 4) is 5.75 Å². The van der Waals surface area contributed by atoms with Crippen LogP contribution in [-0.4, -0.2) is 41.5 Å². The molecular formula is C39H33N3O5. The summed E-state index contributed by atoms with van der Waals surface area (Å²) in [4.78, 5) is 58.5. The molecule has 7 aliphatic carbocycles. The molecule has 2 aliphatic heterocycles. The van der Waals surface area contributed by atoms with Crippen LogP contribution in [0, 0.1) is 47.3 Å². The third-order valence-electron chi connectivity index (χ3n) is 12.3. The van der Waals surface area contributed by atoms with Crippen LogP contribution in [0.5, 0.6) is 5.75 Å². The van der Waals surface area contributed by atoms with Gasteiger partial charge in [0, 0.05) is 12.1 Å². The van der Waals surface area contributed by atoms with Crippen molar-refractivity contribution in [2.24, 2.45) is 52.4 Å². The van der Waals surface area contributed by atoms with E-state index in [9.17, 15) is 19.2 Å². The van der Waals surface area contributed by atoms with Gasteiger partial charge in [0.05, 0.1) is 41.4 Å². The Bertz CT molecular complexity index is 1900. The first-order valence-electron chi connectivity index (χ1n) is 16.9. The van der Waals surface area contributed by atoms with Crippen LogP contribution < -0.4 is 9.64 Å². The molecule has 4 fully saturated rings. The molecular weight excluding hydrogens is 590 g/mol. The van der Waals surface area contributed by atoms with Crippen molar-refractivity contribution in [3.05, 3.63) is 107 Å². The van der Waals surface area contributed by atoms with E-state index in [0.717, 1.165) is 40.1 Å². The molecule has 4 amide bonds. The van der Waals surface area contributed by atoms with Crippen LogP contribution in [0.4, 0.5) is 5.69 Å². The average Bonchev–Trinajstić information content (AvgIpc) is 3.84. The summed E-state index contributed by atoms with van der Waals surface area (Å²) in [6.45, 7) is 2.61. The zero-order valence-electron chi connectivity index (χ0n) is 25.9. The second kappa shape index (κ2) is 9.37. The number of hydrogen-bond acceptors (Lipinski definition) is 6. The fourth-order valence-corrected chi connectivity index (χ4v) is 10.4. The molecule has 8 nitrogen and oxygen atoms in total. The fourth-order valence-electron chi connectivity index (χ4n) is 10.4. The number of benzene rings is 3. The molecule has 234 valence electrons. The van der Waals surface area contributed by atoms with E-state index in [1.54, 1.807) is 30.5 Å². The molecule has 3 aromatic rings. The first-order chi connectivity index (χ1) is 23.0. The van der Waals surface area contributed by atoms with E-state index < -0.39 is 17.3 Å². The quantitative estimate of drug-likeness (QED) is 0.217. The molecule has 3 aromatic carbocycles. The van der Waals surface area contributed by atoms with Crippen molar-refractivity contribution in [2.45, 2.75) is 31.1 Å².